The molecule has 0 atom stereocenters. The predicted molar refractivity (Wildman–Crippen MR) is 80.8 cm³/mol. The van der Waals surface area contributed by atoms with E-state index >= 15 is 0 Å². The van der Waals surface area contributed by atoms with Crippen molar-refractivity contribution in [2.45, 2.75) is 37.8 Å². The van der Waals surface area contributed by atoms with Crippen molar-refractivity contribution in [1.82, 2.24) is 5.32 Å². The van der Waals surface area contributed by atoms with Crippen LogP contribution in [-0.4, -0.2) is 24.9 Å². The van der Waals surface area contributed by atoms with Crippen LogP contribution >= 0.6 is 23.4 Å². The van der Waals surface area contributed by atoms with Crippen molar-refractivity contribution in [3.63, 3.8) is 0 Å². The van der Waals surface area contributed by atoms with Crippen LogP contribution in [0, 0.1) is 0 Å². The summed E-state index contributed by atoms with van der Waals surface area (Å²) in [6.07, 6.45) is 0.392. The van der Waals surface area contributed by atoms with E-state index in [0.717, 1.165) is 22.0 Å². The molecule has 0 aliphatic rings. The third-order valence-electron chi connectivity index (χ3n) is 2.53. The van der Waals surface area contributed by atoms with Crippen molar-refractivity contribution >= 4 is 29.3 Å². The lowest BCUT2D eigenvalue weighted by molar-refractivity contribution is -0.140. The smallest absolute Gasteiger partial charge is 0.306 e. The second kappa shape index (κ2) is 8.46. The standard InChI is InChI=1S/C14H20ClNO2S/c1-10(2)16-9-11-5-4-6-12(15)14(11)19-8-7-13(17)18-3/h4-6,10,16H,7-9H2,1-3H3. The van der Waals surface area contributed by atoms with Gasteiger partial charge in [0.15, 0.2) is 0 Å². The van der Waals surface area contributed by atoms with Crippen LogP contribution in [0.25, 0.3) is 0 Å². The molecule has 0 fully saturated rings. The molecule has 1 rings (SSSR count). The summed E-state index contributed by atoms with van der Waals surface area (Å²) in [5.41, 5.74) is 1.16. The van der Waals surface area contributed by atoms with Crippen LogP contribution in [0.5, 0.6) is 0 Å². The Morgan fingerprint density at radius 1 is 1.47 bits per heavy atom. The minimum Gasteiger partial charge on any atom is -0.469 e. The van der Waals surface area contributed by atoms with Crippen molar-refractivity contribution in [3.05, 3.63) is 28.8 Å². The molecule has 0 aliphatic heterocycles. The van der Waals surface area contributed by atoms with Crippen molar-refractivity contribution in [2.24, 2.45) is 0 Å². The fourth-order valence-electron chi connectivity index (χ4n) is 1.51. The van der Waals surface area contributed by atoms with Gasteiger partial charge in [0, 0.05) is 23.2 Å². The van der Waals surface area contributed by atoms with Crippen LogP contribution in [0.3, 0.4) is 0 Å². The van der Waals surface area contributed by atoms with Crippen molar-refractivity contribution in [1.29, 1.82) is 0 Å². The zero-order valence-electron chi connectivity index (χ0n) is 11.5. The fourth-order valence-corrected chi connectivity index (χ4v) is 2.87. The highest BCUT2D eigenvalue weighted by Gasteiger charge is 2.09. The lowest BCUT2D eigenvalue weighted by Gasteiger charge is -2.13. The first-order chi connectivity index (χ1) is 9.04. The average molecular weight is 302 g/mol. The van der Waals surface area contributed by atoms with Crippen LogP contribution in [-0.2, 0) is 16.1 Å². The summed E-state index contributed by atoms with van der Waals surface area (Å²) in [5, 5.41) is 4.11. The van der Waals surface area contributed by atoms with Crippen LogP contribution in [0.4, 0.5) is 0 Å². The van der Waals surface area contributed by atoms with E-state index in [1.165, 1.54) is 7.11 Å². The first kappa shape index (κ1) is 16.3. The second-order valence-electron chi connectivity index (χ2n) is 4.44. The van der Waals surface area contributed by atoms with Gasteiger partial charge in [0.25, 0.3) is 0 Å². The molecular formula is C14H20ClNO2S. The van der Waals surface area contributed by atoms with E-state index in [-0.39, 0.29) is 5.97 Å². The Morgan fingerprint density at radius 3 is 2.84 bits per heavy atom. The van der Waals surface area contributed by atoms with Crippen LogP contribution in [0.15, 0.2) is 23.1 Å². The van der Waals surface area contributed by atoms with Crippen molar-refractivity contribution in [2.75, 3.05) is 12.9 Å². The molecule has 106 valence electrons. The van der Waals surface area contributed by atoms with E-state index in [4.69, 9.17) is 11.6 Å². The molecule has 19 heavy (non-hydrogen) atoms. The van der Waals surface area contributed by atoms with Gasteiger partial charge in [-0.05, 0) is 11.6 Å². The molecule has 0 saturated carbocycles. The third-order valence-corrected chi connectivity index (χ3v) is 4.14. The summed E-state index contributed by atoms with van der Waals surface area (Å²) < 4.78 is 4.63. The van der Waals surface area contributed by atoms with E-state index in [1.54, 1.807) is 11.8 Å². The summed E-state index contributed by atoms with van der Waals surface area (Å²) in [5.74, 6) is 0.479. The number of nitrogens with one attached hydrogen (secondary N) is 1. The van der Waals surface area contributed by atoms with Crippen molar-refractivity contribution < 1.29 is 9.53 Å². The minimum absolute atomic E-state index is 0.193. The first-order valence-corrected chi connectivity index (χ1v) is 7.61. The molecule has 0 heterocycles. The fraction of sp³-hybridized carbons (Fsp3) is 0.500. The van der Waals surface area contributed by atoms with Crippen molar-refractivity contribution in [3.8, 4) is 0 Å². The van der Waals surface area contributed by atoms with Gasteiger partial charge in [-0.25, -0.2) is 0 Å². The minimum atomic E-state index is -0.193. The van der Waals surface area contributed by atoms with Crippen LogP contribution in [0.1, 0.15) is 25.8 Å². The maximum atomic E-state index is 11.1. The number of methoxy groups -OCH3 is 1. The normalized spacial score (nSPS) is 10.8. The second-order valence-corrected chi connectivity index (χ2v) is 5.95. The zero-order valence-corrected chi connectivity index (χ0v) is 13.1. The quantitative estimate of drug-likeness (QED) is 0.618. The van der Waals surface area contributed by atoms with E-state index in [1.807, 2.05) is 12.1 Å². The molecule has 0 unspecified atom stereocenters. The van der Waals surface area contributed by atoms with Crippen LogP contribution in [0.2, 0.25) is 5.02 Å². The highest BCUT2D eigenvalue weighted by Crippen LogP contribution is 2.31. The number of rotatable bonds is 7. The van der Waals surface area contributed by atoms with Gasteiger partial charge in [-0.2, -0.15) is 0 Å². The number of benzene rings is 1. The number of halogens is 1. The van der Waals surface area contributed by atoms with Gasteiger partial charge < -0.3 is 10.1 Å². The molecule has 1 aromatic carbocycles. The molecule has 1 N–H and O–H groups in total. The average Bonchev–Trinajstić information content (AvgIpc) is 2.38. The topological polar surface area (TPSA) is 38.3 Å². The van der Waals surface area contributed by atoms with Gasteiger partial charge in [0.2, 0.25) is 0 Å². The molecule has 5 heteroatoms. The van der Waals surface area contributed by atoms with Gasteiger partial charge in [-0.3, -0.25) is 4.79 Å². The van der Waals surface area contributed by atoms with E-state index in [2.05, 4.69) is 30.0 Å². The Hall–Kier alpha value is -0.710. The third kappa shape index (κ3) is 5.85. The zero-order chi connectivity index (χ0) is 14.3. The summed E-state index contributed by atoms with van der Waals surface area (Å²) in [6, 6.07) is 6.30. The summed E-state index contributed by atoms with van der Waals surface area (Å²) in [4.78, 5) is 12.1. The molecule has 0 radical (unpaired) electrons. The monoisotopic (exact) mass is 301 g/mol. The van der Waals surface area contributed by atoms with Gasteiger partial charge >= 0.3 is 5.97 Å². The van der Waals surface area contributed by atoms with Gasteiger partial charge in [0.1, 0.15) is 0 Å². The summed E-state index contributed by atoms with van der Waals surface area (Å²) in [7, 11) is 1.40. The Balaban J connectivity index is 2.66. The highest BCUT2D eigenvalue weighted by molar-refractivity contribution is 7.99. The number of carbonyl (C=O) groups excluding carboxylic acids is 1. The Bertz CT molecular complexity index is 424. The van der Waals surface area contributed by atoms with Gasteiger partial charge in [-0.1, -0.05) is 37.6 Å². The van der Waals surface area contributed by atoms with Gasteiger partial charge in [0.05, 0.1) is 18.6 Å². The van der Waals surface area contributed by atoms with E-state index in [9.17, 15) is 4.79 Å². The summed E-state index contributed by atoms with van der Waals surface area (Å²) >= 11 is 7.83. The molecule has 0 aromatic heterocycles. The predicted octanol–water partition coefficient (Wildman–Crippen LogP) is 3.49. The summed E-state index contributed by atoms with van der Waals surface area (Å²) in [6.45, 7) is 4.99. The number of esters is 1. The van der Waals surface area contributed by atoms with Crippen LogP contribution < -0.4 is 5.32 Å². The number of hydrogen-bond donors (Lipinski definition) is 1. The maximum Gasteiger partial charge on any atom is 0.306 e. The largest absolute Gasteiger partial charge is 0.469 e. The molecule has 0 bridgehead atoms. The number of ether oxygens (including phenoxy) is 1. The molecule has 0 spiro atoms. The highest BCUT2D eigenvalue weighted by atomic mass is 35.5. The molecule has 0 aliphatic carbocycles. The van der Waals surface area contributed by atoms with E-state index < -0.39 is 0 Å². The number of hydrogen-bond acceptors (Lipinski definition) is 4. The lowest BCUT2D eigenvalue weighted by atomic mass is 10.2. The molecular weight excluding hydrogens is 282 g/mol. The molecule has 0 amide bonds. The molecule has 1 aromatic rings. The maximum absolute atomic E-state index is 11.1. The number of thioether (sulfide) groups is 1. The molecule has 0 saturated heterocycles. The van der Waals surface area contributed by atoms with E-state index in [0.29, 0.717) is 18.2 Å². The molecule has 3 nitrogen and oxygen atoms in total. The van der Waals surface area contributed by atoms with Gasteiger partial charge in [-0.15, -0.1) is 11.8 Å². The Morgan fingerprint density at radius 2 is 2.21 bits per heavy atom. The lowest BCUT2D eigenvalue weighted by Crippen LogP contribution is -2.22. The Labute approximate surface area is 124 Å². The SMILES string of the molecule is COC(=O)CCSc1c(Cl)cccc1CNC(C)C. The first-order valence-electron chi connectivity index (χ1n) is 6.25. The number of carbonyl (C=O) groups is 1. The Kier molecular flexibility index (Phi) is 7.28.